The summed E-state index contributed by atoms with van der Waals surface area (Å²) in [5.41, 5.74) is 7.47. The molecule has 4 heterocycles. The van der Waals surface area contributed by atoms with Crippen LogP contribution in [0.4, 0.5) is 11.5 Å². The molecule has 0 saturated heterocycles. The SMILES string of the molecule is C1=CC2Nc3c(n4c5cc6sc7ccc(-c8ccccc8)cc7c6cc5c5cccc3c54)N=C2CC1. The van der Waals surface area contributed by atoms with Gasteiger partial charge in [-0.05, 0) is 48.2 Å². The highest BCUT2D eigenvalue weighted by molar-refractivity contribution is 7.25. The number of nitrogens with zero attached hydrogens (tertiary/aromatic N) is 2. The molecule has 0 bridgehead atoms. The first-order valence-electron chi connectivity index (χ1n) is 12.6. The molecule has 1 aliphatic carbocycles. The highest BCUT2D eigenvalue weighted by atomic mass is 32.1. The quantitative estimate of drug-likeness (QED) is 0.234. The van der Waals surface area contributed by atoms with E-state index in [1.807, 2.05) is 11.3 Å². The number of aromatic nitrogens is 1. The number of nitrogens with one attached hydrogen (secondary N) is 1. The van der Waals surface area contributed by atoms with Crippen LogP contribution in [0.15, 0.2) is 96.0 Å². The van der Waals surface area contributed by atoms with Crippen molar-refractivity contribution in [1.29, 1.82) is 0 Å². The fraction of sp³-hybridized carbons (Fsp3) is 0.0938. The molecule has 0 spiro atoms. The largest absolute Gasteiger partial charge is 0.370 e. The van der Waals surface area contributed by atoms with E-state index < -0.39 is 0 Å². The zero-order valence-corrected chi connectivity index (χ0v) is 20.3. The van der Waals surface area contributed by atoms with Gasteiger partial charge in [0.05, 0.1) is 22.8 Å². The molecule has 0 saturated carbocycles. The minimum absolute atomic E-state index is 0.219. The third kappa shape index (κ3) is 2.40. The summed E-state index contributed by atoms with van der Waals surface area (Å²) in [6.07, 6.45) is 6.63. The standard InChI is InChI=1S/C32H21N3S/c1-2-7-18(8-3-1)19-13-14-28-23(15-19)24-16-22-20-9-6-10-21-30-32(34-26-12-5-4-11-25(26)33-30)35(31(20)21)27(22)17-29(24)36-28/h1-4,6-11,13-17,25,33H,5,12H2. The minimum Gasteiger partial charge on any atom is -0.370 e. The van der Waals surface area contributed by atoms with Crippen LogP contribution >= 0.6 is 11.3 Å². The Morgan fingerprint density at radius 1 is 0.778 bits per heavy atom. The highest BCUT2D eigenvalue weighted by Crippen LogP contribution is 2.48. The van der Waals surface area contributed by atoms with E-state index in [0.29, 0.717) is 0 Å². The molecule has 36 heavy (non-hydrogen) atoms. The Kier molecular flexibility index (Phi) is 3.58. The van der Waals surface area contributed by atoms with Gasteiger partial charge in [-0.15, -0.1) is 11.3 Å². The van der Waals surface area contributed by atoms with Crippen molar-refractivity contribution in [3.05, 3.63) is 91.0 Å². The summed E-state index contributed by atoms with van der Waals surface area (Å²) >= 11 is 1.88. The third-order valence-corrected chi connectivity index (χ3v) is 9.13. The number of benzene rings is 4. The molecule has 0 amide bonds. The zero-order valence-electron chi connectivity index (χ0n) is 19.5. The van der Waals surface area contributed by atoms with Gasteiger partial charge in [0.2, 0.25) is 0 Å². The summed E-state index contributed by atoms with van der Waals surface area (Å²) in [4.78, 5) is 5.24. The van der Waals surface area contributed by atoms with Crippen LogP contribution in [0.1, 0.15) is 12.8 Å². The zero-order chi connectivity index (χ0) is 23.4. The van der Waals surface area contributed by atoms with E-state index in [1.165, 1.54) is 69.9 Å². The lowest BCUT2D eigenvalue weighted by molar-refractivity contribution is 0.954. The Morgan fingerprint density at radius 3 is 2.61 bits per heavy atom. The molecule has 170 valence electrons. The Labute approximate surface area is 211 Å². The van der Waals surface area contributed by atoms with Crippen molar-refractivity contribution in [2.45, 2.75) is 18.9 Å². The maximum absolute atomic E-state index is 5.24. The summed E-state index contributed by atoms with van der Waals surface area (Å²) in [6, 6.07) is 29.3. The van der Waals surface area contributed by atoms with Gasteiger partial charge in [0.15, 0.2) is 5.82 Å². The van der Waals surface area contributed by atoms with E-state index in [0.717, 1.165) is 18.7 Å². The smallest absolute Gasteiger partial charge is 0.161 e. The maximum atomic E-state index is 5.24. The molecular weight excluding hydrogens is 458 g/mol. The number of aliphatic imine (C=N–C) groups is 1. The van der Waals surface area contributed by atoms with Crippen molar-refractivity contribution >= 4 is 75.9 Å². The van der Waals surface area contributed by atoms with Crippen LogP contribution in [0.3, 0.4) is 0 Å². The predicted molar refractivity (Wildman–Crippen MR) is 155 cm³/mol. The van der Waals surface area contributed by atoms with Crippen LogP contribution in [-0.2, 0) is 0 Å². The second-order valence-corrected chi connectivity index (χ2v) is 11.1. The Balaban J connectivity index is 1.37. The Morgan fingerprint density at radius 2 is 1.67 bits per heavy atom. The molecule has 3 aromatic heterocycles. The Hall–Kier alpha value is -4.15. The van der Waals surface area contributed by atoms with Crippen molar-refractivity contribution in [1.82, 2.24) is 4.40 Å². The highest BCUT2D eigenvalue weighted by Gasteiger charge is 2.29. The number of fused-ring (bicyclic) bond motifs is 10. The van der Waals surface area contributed by atoms with Crippen molar-refractivity contribution in [3.63, 3.8) is 0 Å². The summed E-state index contributed by atoms with van der Waals surface area (Å²) < 4.78 is 5.07. The van der Waals surface area contributed by atoms with Gasteiger partial charge in [-0.25, -0.2) is 4.99 Å². The maximum Gasteiger partial charge on any atom is 0.161 e. The fourth-order valence-electron chi connectivity index (χ4n) is 6.33. The summed E-state index contributed by atoms with van der Waals surface area (Å²) in [5, 5.41) is 10.3. The lowest BCUT2D eigenvalue weighted by Gasteiger charge is -2.26. The number of allylic oxidation sites excluding steroid dienone is 1. The van der Waals surface area contributed by atoms with Crippen molar-refractivity contribution < 1.29 is 0 Å². The minimum atomic E-state index is 0.219. The molecule has 2 aliphatic rings. The second-order valence-electron chi connectivity index (χ2n) is 9.97. The summed E-state index contributed by atoms with van der Waals surface area (Å²) in [7, 11) is 0. The number of anilines is 1. The van der Waals surface area contributed by atoms with Crippen LogP contribution in [0.2, 0.25) is 0 Å². The van der Waals surface area contributed by atoms with Crippen LogP contribution in [0.5, 0.6) is 0 Å². The summed E-state index contributed by atoms with van der Waals surface area (Å²) in [6.45, 7) is 0. The molecule has 4 heteroatoms. The van der Waals surface area contributed by atoms with E-state index >= 15 is 0 Å². The lowest BCUT2D eigenvalue weighted by atomic mass is 9.98. The van der Waals surface area contributed by atoms with Gasteiger partial charge in [0.1, 0.15) is 0 Å². The number of hydrogen-bond acceptors (Lipinski definition) is 3. The third-order valence-electron chi connectivity index (χ3n) is 7.99. The number of rotatable bonds is 1. The van der Waals surface area contributed by atoms with Gasteiger partial charge in [0.25, 0.3) is 0 Å². The van der Waals surface area contributed by atoms with Crippen molar-refractivity contribution in [2.75, 3.05) is 5.32 Å². The number of thiophene rings is 1. The molecule has 9 rings (SSSR count). The van der Waals surface area contributed by atoms with Crippen molar-refractivity contribution in [3.8, 4) is 11.1 Å². The van der Waals surface area contributed by atoms with E-state index in [9.17, 15) is 0 Å². The molecule has 3 nitrogen and oxygen atoms in total. The first-order valence-corrected chi connectivity index (χ1v) is 13.4. The van der Waals surface area contributed by atoms with Gasteiger partial charge in [0, 0.05) is 42.0 Å². The van der Waals surface area contributed by atoms with Gasteiger partial charge in [-0.3, -0.25) is 4.40 Å². The molecule has 1 aliphatic heterocycles. The topological polar surface area (TPSA) is 28.8 Å². The van der Waals surface area contributed by atoms with Gasteiger partial charge >= 0.3 is 0 Å². The molecule has 4 aromatic carbocycles. The fourth-order valence-corrected chi connectivity index (χ4v) is 7.43. The average molecular weight is 480 g/mol. The monoisotopic (exact) mass is 479 g/mol. The molecule has 0 radical (unpaired) electrons. The molecule has 0 fully saturated rings. The van der Waals surface area contributed by atoms with E-state index in [1.54, 1.807) is 0 Å². The Bertz CT molecular complexity index is 2070. The molecular formula is C32H21N3S. The second kappa shape index (κ2) is 6.74. The van der Waals surface area contributed by atoms with Gasteiger partial charge in [-0.2, -0.15) is 0 Å². The number of hydrogen-bond donors (Lipinski definition) is 1. The van der Waals surface area contributed by atoms with Crippen LogP contribution in [0.25, 0.3) is 58.5 Å². The van der Waals surface area contributed by atoms with Crippen LogP contribution in [0, 0.1) is 0 Å². The lowest BCUT2D eigenvalue weighted by Crippen LogP contribution is -2.31. The van der Waals surface area contributed by atoms with Gasteiger partial charge in [-0.1, -0.05) is 66.7 Å². The molecule has 7 aromatic rings. The first kappa shape index (κ1) is 19.1. The van der Waals surface area contributed by atoms with E-state index in [-0.39, 0.29) is 6.04 Å². The molecule has 1 atom stereocenters. The number of para-hydroxylation sites is 1. The van der Waals surface area contributed by atoms with Crippen molar-refractivity contribution in [2.24, 2.45) is 4.99 Å². The predicted octanol–water partition coefficient (Wildman–Crippen LogP) is 8.93. The summed E-state index contributed by atoms with van der Waals surface area (Å²) in [5.74, 6) is 1.06. The first-order chi connectivity index (χ1) is 17.8. The molecule has 1 N–H and O–H groups in total. The van der Waals surface area contributed by atoms with Crippen LogP contribution < -0.4 is 5.32 Å². The van der Waals surface area contributed by atoms with E-state index in [4.69, 9.17) is 4.99 Å². The normalized spacial score (nSPS) is 17.2. The van der Waals surface area contributed by atoms with Crippen LogP contribution in [-0.4, -0.2) is 16.2 Å². The molecule has 1 unspecified atom stereocenters. The van der Waals surface area contributed by atoms with E-state index in [2.05, 4.69) is 101 Å². The average Bonchev–Trinajstić information content (AvgIpc) is 3.57. The van der Waals surface area contributed by atoms with Gasteiger partial charge < -0.3 is 5.32 Å².